The molecule has 0 atom stereocenters. The van der Waals surface area contributed by atoms with Gasteiger partial charge in [-0.25, -0.2) is 0 Å². The standard InChI is InChI=1S/C13H17ClN2O/c1-9-12(15)7-6-11(13(9)14)5-3-4-8-16-10(2)17/h3,5-7H,4,8,15H2,1-2H3,(H,16,17). The van der Waals surface area contributed by atoms with Gasteiger partial charge in [-0.05, 0) is 30.5 Å². The summed E-state index contributed by atoms with van der Waals surface area (Å²) in [4.78, 5) is 10.6. The Morgan fingerprint density at radius 2 is 2.24 bits per heavy atom. The van der Waals surface area contributed by atoms with Gasteiger partial charge in [0.05, 0.1) is 5.02 Å². The summed E-state index contributed by atoms with van der Waals surface area (Å²) in [5, 5.41) is 3.41. The van der Waals surface area contributed by atoms with Crippen LogP contribution in [0.4, 0.5) is 5.69 Å². The number of carbonyl (C=O) groups excluding carboxylic acids is 1. The summed E-state index contributed by atoms with van der Waals surface area (Å²) < 4.78 is 0. The van der Waals surface area contributed by atoms with E-state index in [0.29, 0.717) is 17.3 Å². The van der Waals surface area contributed by atoms with Crippen LogP contribution in [0, 0.1) is 6.92 Å². The molecule has 4 heteroatoms. The van der Waals surface area contributed by atoms with E-state index in [1.807, 2.05) is 31.2 Å². The molecule has 3 nitrogen and oxygen atoms in total. The normalized spacial score (nSPS) is 10.8. The van der Waals surface area contributed by atoms with E-state index in [-0.39, 0.29) is 5.91 Å². The SMILES string of the molecule is CC(=O)NCCC=Cc1ccc(N)c(C)c1Cl. The molecule has 0 spiro atoms. The maximum absolute atomic E-state index is 10.6. The highest BCUT2D eigenvalue weighted by Gasteiger charge is 2.02. The van der Waals surface area contributed by atoms with Crippen LogP contribution in [-0.4, -0.2) is 12.5 Å². The van der Waals surface area contributed by atoms with Crippen LogP contribution in [0.15, 0.2) is 18.2 Å². The van der Waals surface area contributed by atoms with E-state index in [1.54, 1.807) is 0 Å². The largest absolute Gasteiger partial charge is 0.398 e. The summed E-state index contributed by atoms with van der Waals surface area (Å²) in [6.45, 7) is 4.04. The molecule has 0 aromatic heterocycles. The average Bonchev–Trinajstić information content (AvgIpc) is 2.28. The number of nitrogen functional groups attached to an aromatic ring is 1. The Morgan fingerprint density at radius 1 is 1.53 bits per heavy atom. The van der Waals surface area contributed by atoms with Crippen molar-refractivity contribution in [2.45, 2.75) is 20.3 Å². The third-order valence-corrected chi connectivity index (χ3v) is 2.94. The molecule has 92 valence electrons. The van der Waals surface area contributed by atoms with Crippen LogP contribution in [0.5, 0.6) is 0 Å². The summed E-state index contributed by atoms with van der Waals surface area (Å²) >= 11 is 6.16. The molecule has 1 amide bonds. The van der Waals surface area contributed by atoms with Gasteiger partial charge >= 0.3 is 0 Å². The molecule has 0 aliphatic rings. The minimum absolute atomic E-state index is 0.0141. The molecule has 0 bridgehead atoms. The number of nitrogens with one attached hydrogen (secondary N) is 1. The van der Waals surface area contributed by atoms with Gasteiger partial charge in [-0.3, -0.25) is 4.79 Å². The molecule has 0 saturated carbocycles. The Hall–Kier alpha value is -1.48. The fraction of sp³-hybridized carbons (Fsp3) is 0.308. The van der Waals surface area contributed by atoms with Crippen molar-refractivity contribution >= 4 is 29.3 Å². The van der Waals surface area contributed by atoms with E-state index in [2.05, 4.69) is 5.32 Å². The number of anilines is 1. The summed E-state index contributed by atoms with van der Waals surface area (Å²) in [6.07, 6.45) is 4.70. The summed E-state index contributed by atoms with van der Waals surface area (Å²) in [7, 11) is 0. The van der Waals surface area contributed by atoms with E-state index >= 15 is 0 Å². The highest BCUT2D eigenvalue weighted by atomic mass is 35.5. The Morgan fingerprint density at radius 3 is 2.88 bits per heavy atom. The van der Waals surface area contributed by atoms with Crippen molar-refractivity contribution in [1.82, 2.24) is 5.32 Å². The van der Waals surface area contributed by atoms with Gasteiger partial charge in [0, 0.05) is 19.2 Å². The summed E-state index contributed by atoms with van der Waals surface area (Å²) in [6, 6.07) is 3.73. The third-order valence-electron chi connectivity index (χ3n) is 2.44. The first kappa shape index (κ1) is 13.6. The monoisotopic (exact) mass is 252 g/mol. The van der Waals surface area contributed by atoms with Gasteiger partial charge in [0.15, 0.2) is 0 Å². The Labute approximate surface area is 107 Å². The van der Waals surface area contributed by atoms with Gasteiger partial charge in [-0.1, -0.05) is 29.8 Å². The van der Waals surface area contributed by atoms with Gasteiger partial charge in [-0.15, -0.1) is 0 Å². The van der Waals surface area contributed by atoms with Crippen LogP contribution in [0.3, 0.4) is 0 Å². The van der Waals surface area contributed by atoms with Crippen molar-refractivity contribution in [3.05, 3.63) is 34.4 Å². The molecule has 0 radical (unpaired) electrons. The highest BCUT2D eigenvalue weighted by molar-refractivity contribution is 6.33. The lowest BCUT2D eigenvalue weighted by Gasteiger charge is -2.05. The molecule has 0 aliphatic carbocycles. The van der Waals surface area contributed by atoms with Crippen LogP contribution in [0.2, 0.25) is 5.02 Å². The van der Waals surface area contributed by atoms with Crippen LogP contribution in [-0.2, 0) is 4.79 Å². The molecular weight excluding hydrogens is 236 g/mol. The fourth-order valence-corrected chi connectivity index (χ4v) is 1.63. The first-order valence-electron chi connectivity index (χ1n) is 5.48. The Bertz CT molecular complexity index is 441. The predicted octanol–water partition coefficient (Wildman–Crippen LogP) is 2.77. The minimum Gasteiger partial charge on any atom is -0.398 e. The quantitative estimate of drug-likeness (QED) is 0.640. The van der Waals surface area contributed by atoms with Gasteiger partial charge in [0.25, 0.3) is 0 Å². The lowest BCUT2D eigenvalue weighted by atomic mass is 10.1. The molecule has 3 N–H and O–H groups in total. The zero-order valence-electron chi connectivity index (χ0n) is 10.1. The van der Waals surface area contributed by atoms with Gasteiger partial charge in [0.2, 0.25) is 5.91 Å². The van der Waals surface area contributed by atoms with E-state index in [4.69, 9.17) is 17.3 Å². The van der Waals surface area contributed by atoms with E-state index in [1.165, 1.54) is 6.92 Å². The second-order valence-corrected chi connectivity index (χ2v) is 4.23. The number of nitrogens with two attached hydrogens (primary N) is 1. The molecule has 0 aliphatic heterocycles. The van der Waals surface area contributed by atoms with Crippen LogP contribution < -0.4 is 11.1 Å². The highest BCUT2D eigenvalue weighted by Crippen LogP contribution is 2.26. The number of rotatable bonds is 4. The lowest BCUT2D eigenvalue weighted by Crippen LogP contribution is -2.20. The Kier molecular flexibility index (Phi) is 5.04. The lowest BCUT2D eigenvalue weighted by molar-refractivity contribution is -0.118. The molecule has 0 heterocycles. The topological polar surface area (TPSA) is 55.1 Å². The van der Waals surface area contributed by atoms with Crippen molar-refractivity contribution in [3.63, 3.8) is 0 Å². The second kappa shape index (κ2) is 6.30. The first-order valence-corrected chi connectivity index (χ1v) is 5.85. The molecular formula is C13H17ClN2O. The molecule has 1 aromatic carbocycles. The maximum Gasteiger partial charge on any atom is 0.216 e. The second-order valence-electron chi connectivity index (χ2n) is 3.86. The smallest absolute Gasteiger partial charge is 0.216 e. The van der Waals surface area contributed by atoms with Crippen LogP contribution >= 0.6 is 11.6 Å². The number of carbonyl (C=O) groups is 1. The summed E-state index contributed by atoms with van der Waals surface area (Å²) in [5.41, 5.74) is 8.29. The molecule has 0 saturated heterocycles. The molecule has 1 rings (SSSR count). The zero-order valence-corrected chi connectivity index (χ0v) is 10.8. The van der Waals surface area contributed by atoms with Crippen molar-refractivity contribution < 1.29 is 4.79 Å². The van der Waals surface area contributed by atoms with Gasteiger partial charge in [-0.2, -0.15) is 0 Å². The number of benzene rings is 1. The van der Waals surface area contributed by atoms with Crippen molar-refractivity contribution in [1.29, 1.82) is 0 Å². The average molecular weight is 253 g/mol. The maximum atomic E-state index is 10.6. The van der Waals surface area contributed by atoms with Crippen LogP contribution in [0.1, 0.15) is 24.5 Å². The molecule has 17 heavy (non-hydrogen) atoms. The Balaban J connectivity index is 2.60. The third kappa shape index (κ3) is 4.11. The number of amides is 1. The molecule has 1 aromatic rings. The predicted molar refractivity (Wildman–Crippen MR) is 72.9 cm³/mol. The van der Waals surface area contributed by atoms with E-state index in [9.17, 15) is 4.79 Å². The number of halogens is 1. The minimum atomic E-state index is -0.0141. The van der Waals surface area contributed by atoms with Crippen molar-refractivity contribution in [2.24, 2.45) is 0 Å². The number of hydrogen-bond donors (Lipinski definition) is 2. The van der Waals surface area contributed by atoms with Crippen molar-refractivity contribution in [3.8, 4) is 0 Å². The van der Waals surface area contributed by atoms with E-state index < -0.39 is 0 Å². The zero-order chi connectivity index (χ0) is 12.8. The van der Waals surface area contributed by atoms with Gasteiger partial charge in [0.1, 0.15) is 0 Å². The number of hydrogen-bond acceptors (Lipinski definition) is 2. The summed E-state index contributed by atoms with van der Waals surface area (Å²) in [5.74, 6) is -0.0141. The fourth-order valence-electron chi connectivity index (χ4n) is 1.39. The molecule has 0 unspecified atom stereocenters. The van der Waals surface area contributed by atoms with Gasteiger partial charge < -0.3 is 11.1 Å². The first-order chi connectivity index (χ1) is 8.02. The van der Waals surface area contributed by atoms with Crippen LogP contribution in [0.25, 0.3) is 6.08 Å². The van der Waals surface area contributed by atoms with E-state index in [0.717, 1.165) is 17.5 Å². The molecule has 0 fully saturated rings. The van der Waals surface area contributed by atoms with Crippen molar-refractivity contribution in [2.75, 3.05) is 12.3 Å².